The van der Waals surface area contributed by atoms with E-state index in [9.17, 15) is 14.4 Å². The maximum Gasteiger partial charge on any atom is 0.338 e. The summed E-state index contributed by atoms with van der Waals surface area (Å²) in [5, 5.41) is 0. The smallest absolute Gasteiger partial charge is 0.338 e. The van der Waals surface area contributed by atoms with Gasteiger partial charge in [0.25, 0.3) is 5.56 Å². The van der Waals surface area contributed by atoms with E-state index < -0.39 is 18.0 Å². The van der Waals surface area contributed by atoms with Crippen molar-refractivity contribution in [2.75, 3.05) is 27.9 Å². The van der Waals surface area contributed by atoms with Gasteiger partial charge in [0, 0.05) is 18.6 Å². The minimum atomic E-state index is -0.856. The van der Waals surface area contributed by atoms with Crippen LogP contribution in [0.5, 0.6) is 23.0 Å². The van der Waals surface area contributed by atoms with Crippen LogP contribution in [-0.4, -0.2) is 44.4 Å². The lowest BCUT2D eigenvalue weighted by molar-refractivity contribution is -0.139. The number of halogens is 1. The Morgan fingerprint density at radius 3 is 2.45 bits per heavy atom. The van der Waals surface area contributed by atoms with Gasteiger partial charge in [0.05, 0.1) is 48.2 Å². The number of hydrogen-bond donors (Lipinski definition) is 0. The molecule has 12 heteroatoms. The molecule has 2 aromatic carbocycles. The van der Waals surface area contributed by atoms with E-state index in [2.05, 4.69) is 20.9 Å². The Labute approximate surface area is 242 Å². The van der Waals surface area contributed by atoms with Gasteiger partial charge >= 0.3 is 11.9 Å². The van der Waals surface area contributed by atoms with E-state index in [4.69, 9.17) is 23.7 Å². The van der Waals surface area contributed by atoms with Gasteiger partial charge in [-0.2, -0.15) is 0 Å². The van der Waals surface area contributed by atoms with E-state index in [1.54, 1.807) is 50.3 Å². The van der Waals surface area contributed by atoms with Crippen LogP contribution in [0.3, 0.4) is 0 Å². The highest BCUT2D eigenvalue weighted by Gasteiger charge is 2.35. The number of nitrogens with zero attached hydrogens (tertiary/aromatic N) is 2. The maximum absolute atomic E-state index is 13.9. The topological polar surface area (TPSA) is 115 Å². The summed E-state index contributed by atoms with van der Waals surface area (Å²) in [4.78, 5) is 43.6. The van der Waals surface area contributed by atoms with Crippen LogP contribution in [0, 0.1) is 0 Å². The van der Waals surface area contributed by atoms with Crippen molar-refractivity contribution in [3.8, 4) is 23.0 Å². The molecular formula is C28H27BrN2O8S. The van der Waals surface area contributed by atoms with E-state index in [1.807, 2.05) is 0 Å². The summed E-state index contributed by atoms with van der Waals surface area (Å²) in [6, 6.07) is 7.69. The molecular weight excluding hydrogens is 604 g/mol. The Hall–Kier alpha value is -3.90. The molecule has 1 atom stereocenters. The lowest BCUT2D eigenvalue weighted by atomic mass is 9.95. The molecule has 2 heterocycles. The fourth-order valence-electron chi connectivity index (χ4n) is 4.35. The highest BCUT2D eigenvalue weighted by molar-refractivity contribution is 9.10. The number of aromatic nitrogens is 1. The molecule has 1 aliphatic rings. The molecule has 1 aliphatic heterocycles. The summed E-state index contributed by atoms with van der Waals surface area (Å²) in [6.45, 7) is 4.88. The van der Waals surface area contributed by atoms with E-state index in [-0.39, 0.29) is 23.5 Å². The van der Waals surface area contributed by atoms with Gasteiger partial charge in [-0.25, -0.2) is 9.79 Å². The minimum Gasteiger partial charge on any atom is -0.497 e. The molecule has 0 radical (unpaired) electrons. The van der Waals surface area contributed by atoms with Gasteiger partial charge in [0.2, 0.25) is 0 Å². The standard InChI is InChI=1S/C28H27BrN2O8S/c1-7-38-27(34)23-14(2)30-28-31(24(23)18-9-8-17(35-4)13-20(18)36-5)26(33)22(40-28)12-16-10-19(29)25(39-15(3)32)21(11-16)37-6/h8-13,24H,7H2,1-6H3/b22-12-/t24-/m0/s1. The second-order valence-electron chi connectivity index (χ2n) is 8.54. The number of thiazole rings is 1. The van der Waals surface area contributed by atoms with Crippen LogP contribution in [0.2, 0.25) is 0 Å². The summed E-state index contributed by atoms with van der Waals surface area (Å²) >= 11 is 4.59. The number of esters is 2. The van der Waals surface area contributed by atoms with Gasteiger partial charge in [0.1, 0.15) is 17.5 Å². The first-order valence-electron chi connectivity index (χ1n) is 12.1. The summed E-state index contributed by atoms with van der Waals surface area (Å²) in [7, 11) is 4.50. The van der Waals surface area contributed by atoms with Crippen molar-refractivity contribution >= 4 is 45.3 Å². The van der Waals surface area contributed by atoms with Gasteiger partial charge in [-0.1, -0.05) is 11.3 Å². The molecule has 40 heavy (non-hydrogen) atoms. The van der Waals surface area contributed by atoms with Gasteiger partial charge < -0.3 is 23.7 Å². The molecule has 0 N–H and O–H groups in total. The van der Waals surface area contributed by atoms with Gasteiger partial charge in [-0.3, -0.25) is 14.2 Å². The average molecular weight is 632 g/mol. The zero-order chi connectivity index (χ0) is 29.1. The van der Waals surface area contributed by atoms with Gasteiger partial charge in [0.15, 0.2) is 16.3 Å². The SMILES string of the molecule is CCOC(=O)C1=C(C)N=c2s/c(=C\c3cc(Br)c(OC(C)=O)c(OC)c3)c(=O)n2[C@H]1c1ccc(OC)cc1OC. The van der Waals surface area contributed by atoms with Crippen molar-refractivity contribution in [3.63, 3.8) is 0 Å². The summed E-state index contributed by atoms with van der Waals surface area (Å²) in [6.07, 6.45) is 1.68. The van der Waals surface area contributed by atoms with Crippen LogP contribution in [0.1, 0.15) is 37.9 Å². The largest absolute Gasteiger partial charge is 0.497 e. The van der Waals surface area contributed by atoms with Crippen LogP contribution in [-0.2, 0) is 14.3 Å². The second-order valence-corrected chi connectivity index (χ2v) is 10.4. The second kappa shape index (κ2) is 12.1. The fourth-order valence-corrected chi connectivity index (χ4v) is 5.93. The van der Waals surface area contributed by atoms with Crippen molar-refractivity contribution in [1.29, 1.82) is 0 Å². The summed E-state index contributed by atoms with van der Waals surface area (Å²) in [5.41, 5.74) is 1.50. The number of fused-ring (bicyclic) bond motifs is 1. The lowest BCUT2D eigenvalue weighted by Crippen LogP contribution is -2.40. The Morgan fingerprint density at radius 1 is 1.10 bits per heavy atom. The molecule has 210 valence electrons. The fraction of sp³-hybridized carbons (Fsp3) is 0.286. The van der Waals surface area contributed by atoms with Crippen LogP contribution in [0.4, 0.5) is 0 Å². The predicted octanol–water partition coefficient (Wildman–Crippen LogP) is 3.51. The molecule has 0 saturated heterocycles. The first kappa shape index (κ1) is 29.1. The lowest BCUT2D eigenvalue weighted by Gasteiger charge is -2.26. The van der Waals surface area contributed by atoms with Crippen LogP contribution in [0.25, 0.3) is 6.08 Å². The zero-order valence-corrected chi connectivity index (χ0v) is 25.1. The normalized spacial score (nSPS) is 14.8. The first-order chi connectivity index (χ1) is 19.1. The third kappa shape index (κ3) is 5.54. The number of hydrogen-bond acceptors (Lipinski definition) is 10. The van der Waals surface area contributed by atoms with Crippen molar-refractivity contribution in [2.45, 2.75) is 26.8 Å². The van der Waals surface area contributed by atoms with Crippen molar-refractivity contribution in [3.05, 3.63) is 76.9 Å². The molecule has 4 rings (SSSR count). The van der Waals surface area contributed by atoms with Crippen molar-refractivity contribution in [1.82, 2.24) is 4.57 Å². The number of ether oxygens (including phenoxy) is 5. The van der Waals surface area contributed by atoms with Gasteiger partial charge in [-0.15, -0.1) is 0 Å². The number of allylic oxidation sites excluding steroid dienone is 1. The highest BCUT2D eigenvalue weighted by Crippen LogP contribution is 2.38. The number of rotatable bonds is 8. The van der Waals surface area contributed by atoms with Crippen molar-refractivity contribution in [2.24, 2.45) is 4.99 Å². The summed E-state index contributed by atoms with van der Waals surface area (Å²) in [5.74, 6) is 0.463. The van der Waals surface area contributed by atoms with E-state index in [0.717, 1.165) is 0 Å². The Bertz CT molecular complexity index is 1710. The molecule has 3 aromatic rings. The average Bonchev–Trinajstić information content (AvgIpc) is 3.22. The quantitative estimate of drug-likeness (QED) is 0.274. The molecule has 0 fully saturated rings. The number of benzene rings is 2. The molecule has 0 aliphatic carbocycles. The van der Waals surface area contributed by atoms with Crippen LogP contribution >= 0.6 is 27.3 Å². The number of carbonyl (C=O) groups excluding carboxylic acids is 2. The molecule has 1 aromatic heterocycles. The Morgan fingerprint density at radius 2 is 1.82 bits per heavy atom. The Balaban J connectivity index is 1.96. The molecule has 0 spiro atoms. The monoisotopic (exact) mass is 630 g/mol. The third-order valence-corrected chi connectivity index (χ3v) is 7.62. The van der Waals surface area contributed by atoms with Crippen molar-refractivity contribution < 1.29 is 33.3 Å². The molecule has 0 bridgehead atoms. The number of carbonyl (C=O) groups is 2. The maximum atomic E-state index is 13.9. The minimum absolute atomic E-state index is 0.159. The predicted molar refractivity (Wildman–Crippen MR) is 152 cm³/mol. The molecule has 10 nitrogen and oxygen atoms in total. The molecule has 0 amide bonds. The Kier molecular flexibility index (Phi) is 8.79. The zero-order valence-electron chi connectivity index (χ0n) is 22.7. The van der Waals surface area contributed by atoms with Crippen LogP contribution in [0.15, 0.2) is 55.9 Å². The first-order valence-corrected chi connectivity index (χ1v) is 13.7. The molecule has 0 saturated carbocycles. The third-order valence-electron chi connectivity index (χ3n) is 6.05. The molecule has 0 unspecified atom stereocenters. The van der Waals surface area contributed by atoms with Gasteiger partial charge in [-0.05, 0) is 65.7 Å². The summed E-state index contributed by atoms with van der Waals surface area (Å²) < 4.78 is 29.3. The highest BCUT2D eigenvalue weighted by atomic mass is 79.9. The van der Waals surface area contributed by atoms with Crippen LogP contribution < -0.4 is 33.8 Å². The number of methoxy groups -OCH3 is 3. The van der Waals surface area contributed by atoms with E-state index in [1.165, 1.54) is 44.2 Å². The van der Waals surface area contributed by atoms with E-state index >= 15 is 0 Å². The van der Waals surface area contributed by atoms with E-state index in [0.29, 0.717) is 47.9 Å².